The second kappa shape index (κ2) is 6.72. The van der Waals surface area contributed by atoms with Crippen LogP contribution in [0.4, 0.5) is 10.5 Å². The topological polar surface area (TPSA) is 70.4 Å². The lowest BCUT2D eigenvalue weighted by Gasteiger charge is -2.19. The van der Waals surface area contributed by atoms with Gasteiger partial charge in [-0.25, -0.2) is 4.79 Å². The van der Waals surface area contributed by atoms with E-state index in [9.17, 15) is 4.79 Å². The van der Waals surface area contributed by atoms with Gasteiger partial charge >= 0.3 is 6.03 Å². The van der Waals surface area contributed by atoms with Crippen LogP contribution in [0.25, 0.3) is 0 Å². The highest BCUT2D eigenvalue weighted by Gasteiger charge is 2.20. The van der Waals surface area contributed by atoms with Crippen LogP contribution in [0.3, 0.4) is 0 Å². The van der Waals surface area contributed by atoms with Crippen LogP contribution in [0, 0.1) is 0 Å². The summed E-state index contributed by atoms with van der Waals surface area (Å²) in [7, 11) is 2.10. The highest BCUT2D eigenvalue weighted by atomic mass is 16.2. The Morgan fingerprint density at radius 3 is 2.70 bits per heavy atom. The molecule has 1 saturated heterocycles. The third-order valence-electron chi connectivity index (χ3n) is 3.86. The molecule has 2 rings (SSSR count). The van der Waals surface area contributed by atoms with Gasteiger partial charge in [-0.15, -0.1) is 0 Å². The first-order chi connectivity index (χ1) is 9.56. The molecule has 0 aliphatic carbocycles. The molecule has 1 aliphatic rings. The van der Waals surface area contributed by atoms with Crippen molar-refractivity contribution in [2.45, 2.75) is 31.8 Å². The fraction of sp³-hybridized carbons (Fsp3) is 0.533. The minimum atomic E-state index is -0.154. The van der Waals surface area contributed by atoms with Crippen molar-refractivity contribution in [1.29, 1.82) is 0 Å². The molecule has 2 amide bonds. The largest absolute Gasteiger partial charge is 0.336 e. The molecule has 4 N–H and O–H groups in total. The molecular weight excluding hydrogens is 252 g/mol. The molecule has 1 aliphatic heterocycles. The number of nitrogens with zero attached hydrogens (tertiary/aromatic N) is 1. The number of benzene rings is 1. The second-order valence-corrected chi connectivity index (χ2v) is 5.52. The molecule has 110 valence electrons. The maximum Gasteiger partial charge on any atom is 0.319 e. The Morgan fingerprint density at radius 1 is 1.45 bits per heavy atom. The zero-order valence-corrected chi connectivity index (χ0v) is 12.2. The van der Waals surface area contributed by atoms with Crippen molar-refractivity contribution < 1.29 is 4.79 Å². The maximum atomic E-state index is 11.8. The van der Waals surface area contributed by atoms with Crippen molar-refractivity contribution in [3.63, 3.8) is 0 Å². The Bertz CT molecular complexity index is 444. The summed E-state index contributed by atoms with van der Waals surface area (Å²) >= 11 is 0. The van der Waals surface area contributed by atoms with Crippen molar-refractivity contribution in [3.05, 3.63) is 29.8 Å². The van der Waals surface area contributed by atoms with Gasteiger partial charge in [-0.1, -0.05) is 12.1 Å². The predicted octanol–water partition coefficient (Wildman–Crippen LogP) is 1.92. The molecule has 0 saturated carbocycles. The number of carbonyl (C=O) groups excluding carboxylic acids is 1. The number of rotatable bonds is 4. The van der Waals surface area contributed by atoms with Crippen LogP contribution in [0.2, 0.25) is 0 Å². The van der Waals surface area contributed by atoms with Crippen LogP contribution >= 0.6 is 0 Å². The van der Waals surface area contributed by atoms with E-state index in [-0.39, 0.29) is 12.1 Å². The molecule has 2 atom stereocenters. The predicted molar refractivity (Wildman–Crippen MR) is 81.7 cm³/mol. The van der Waals surface area contributed by atoms with Crippen LogP contribution in [0.1, 0.15) is 31.4 Å². The minimum Gasteiger partial charge on any atom is -0.336 e. The van der Waals surface area contributed by atoms with Crippen molar-refractivity contribution in [1.82, 2.24) is 10.2 Å². The molecule has 5 heteroatoms. The summed E-state index contributed by atoms with van der Waals surface area (Å²) in [5.41, 5.74) is 7.63. The monoisotopic (exact) mass is 276 g/mol. The van der Waals surface area contributed by atoms with Crippen molar-refractivity contribution in [2.75, 3.05) is 25.5 Å². The highest BCUT2D eigenvalue weighted by Crippen LogP contribution is 2.15. The quantitative estimate of drug-likeness (QED) is 0.787. The lowest BCUT2D eigenvalue weighted by Crippen LogP contribution is -2.40. The summed E-state index contributed by atoms with van der Waals surface area (Å²) in [5.74, 6) is 0. The lowest BCUT2D eigenvalue weighted by molar-refractivity contribution is 0.245. The summed E-state index contributed by atoms with van der Waals surface area (Å²) < 4.78 is 0. The maximum absolute atomic E-state index is 11.8. The number of amides is 2. The summed E-state index contributed by atoms with van der Waals surface area (Å²) in [6, 6.07) is 7.94. The number of urea groups is 1. The van der Waals surface area contributed by atoms with E-state index < -0.39 is 0 Å². The third kappa shape index (κ3) is 3.95. The van der Waals surface area contributed by atoms with Gasteiger partial charge in [-0.3, -0.25) is 0 Å². The number of hydrogen-bond acceptors (Lipinski definition) is 3. The van der Waals surface area contributed by atoms with Crippen LogP contribution in [-0.2, 0) is 0 Å². The van der Waals surface area contributed by atoms with E-state index in [4.69, 9.17) is 5.73 Å². The van der Waals surface area contributed by atoms with E-state index in [1.165, 1.54) is 6.42 Å². The molecule has 0 bridgehead atoms. The SMILES string of the molecule is CC(N)c1ccc(NC(=O)NCC2CCCN2C)cc1. The van der Waals surface area contributed by atoms with Gasteiger partial charge in [-0.05, 0) is 51.1 Å². The van der Waals surface area contributed by atoms with Crippen LogP contribution in [0.5, 0.6) is 0 Å². The van der Waals surface area contributed by atoms with E-state index in [2.05, 4.69) is 22.6 Å². The zero-order valence-electron chi connectivity index (χ0n) is 12.2. The fourth-order valence-electron chi connectivity index (χ4n) is 2.49. The lowest BCUT2D eigenvalue weighted by atomic mass is 10.1. The average molecular weight is 276 g/mol. The van der Waals surface area contributed by atoms with Gasteiger partial charge < -0.3 is 21.3 Å². The molecular formula is C15H24N4O. The van der Waals surface area contributed by atoms with Crippen molar-refractivity contribution in [2.24, 2.45) is 5.73 Å². The van der Waals surface area contributed by atoms with Gasteiger partial charge in [0, 0.05) is 24.3 Å². The molecule has 1 aromatic rings. The van der Waals surface area contributed by atoms with Crippen molar-refractivity contribution >= 4 is 11.7 Å². The number of nitrogens with two attached hydrogens (primary N) is 1. The number of carbonyl (C=O) groups is 1. The van der Waals surface area contributed by atoms with E-state index in [1.54, 1.807) is 0 Å². The van der Waals surface area contributed by atoms with E-state index in [1.807, 2.05) is 31.2 Å². The number of nitrogens with one attached hydrogen (secondary N) is 2. The van der Waals surface area contributed by atoms with Gasteiger partial charge in [0.15, 0.2) is 0 Å². The molecule has 20 heavy (non-hydrogen) atoms. The fourth-order valence-corrected chi connectivity index (χ4v) is 2.49. The third-order valence-corrected chi connectivity index (χ3v) is 3.86. The summed E-state index contributed by atoms with van der Waals surface area (Å²) in [5, 5.41) is 5.76. The van der Waals surface area contributed by atoms with Gasteiger partial charge in [0.25, 0.3) is 0 Å². The molecule has 5 nitrogen and oxygen atoms in total. The Labute approximate surface area is 120 Å². The highest BCUT2D eigenvalue weighted by molar-refractivity contribution is 5.89. The Hall–Kier alpha value is -1.59. The smallest absolute Gasteiger partial charge is 0.319 e. The molecule has 0 radical (unpaired) electrons. The molecule has 1 heterocycles. The second-order valence-electron chi connectivity index (χ2n) is 5.52. The molecule has 2 unspecified atom stereocenters. The minimum absolute atomic E-state index is 0.00998. The summed E-state index contributed by atoms with van der Waals surface area (Å²) in [6.45, 7) is 3.75. The Kier molecular flexibility index (Phi) is 4.98. The van der Waals surface area contributed by atoms with Crippen LogP contribution in [0.15, 0.2) is 24.3 Å². The van der Waals surface area contributed by atoms with Crippen LogP contribution in [-0.4, -0.2) is 37.1 Å². The van der Waals surface area contributed by atoms with Gasteiger partial charge in [0.05, 0.1) is 0 Å². The van der Waals surface area contributed by atoms with Gasteiger partial charge in [0.1, 0.15) is 0 Å². The zero-order chi connectivity index (χ0) is 14.5. The first kappa shape index (κ1) is 14.8. The molecule has 0 spiro atoms. The number of anilines is 1. The van der Waals surface area contributed by atoms with Gasteiger partial charge in [0.2, 0.25) is 0 Å². The number of likely N-dealkylation sites (N-methyl/N-ethyl adjacent to an activating group) is 1. The van der Waals surface area contributed by atoms with Crippen LogP contribution < -0.4 is 16.4 Å². The van der Waals surface area contributed by atoms with Gasteiger partial charge in [-0.2, -0.15) is 0 Å². The normalized spacial score (nSPS) is 20.6. The average Bonchev–Trinajstić information content (AvgIpc) is 2.82. The Balaban J connectivity index is 1.79. The van der Waals surface area contributed by atoms with E-state index >= 15 is 0 Å². The Morgan fingerprint density at radius 2 is 2.15 bits per heavy atom. The first-order valence-corrected chi connectivity index (χ1v) is 7.17. The summed E-state index contributed by atoms with van der Waals surface area (Å²) in [4.78, 5) is 14.1. The molecule has 1 aromatic carbocycles. The van der Waals surface area contributed by atoms with Crippen molar-refractivity contribution in [3.8, 4) is 0 Å². The molecule has 1 fully saturated rings. The number of hydrogen-bond donors (Lipinski definition) is 3. The molecule has 0 aromatic heterocycles. The van der Waals surface area contributed by atoms with E-state index in [0.717, 1.165) is 24.2 Å². The number of likely N-dealkylation sites (tertiary alicyclic amines) is 1. The van der Waals surface area contributed by atoms with E-state index in [0.29, 0.717) is 12.6 Å². The summed E-state index contributed by atoms with van der Waals surface area (Å²) in [6.07, 6.45) is 2.36. The standard InChI is InChI=1S/C15H24N4O/c1-11(16)12-5-7-13(8-6-12)18-15(20)17-10-14-4-3-9-19(14)2/h5-8,11,14H,3-4,9-10,16H2,1-2H3,(H2,17,18,20). The first-order valence-electron chi connectivity index (χ1n) is 7.17.